The number of aromatic nitrogens is 2. The lowest BCUT2D eigenvalue weighted by atomic mass is 10.1. The summed E-state index contributed by atoms with van der Waals surface area (Å²) in [6.07, 6.45) is 0.602. The highest BCUT2D eigenvalue weighted by Gasteiger charge is 2.32. The average molecular weight is 483 g/mol. The number of aryl methyl sites for hydroxylation is 1. The second kappa shape index (κ2) is 9.50. The molecule has 7 nitrogen and oxygen atoms in total. The summed E-state index contributed by atoms with van der Waals surface area (Å²) >= 11 is 0. The molecule has 0 aliphatic carbocycles. The molecule has 2 atom stereocenters. The number of nitrogens with zero attached hydrogens (tertiary/aromatic N) is 4. The topological polar surface area (TPSA) is 75.5 Å². The van der Waals surface area contributed by atoms with Crippen molar-refractivity contribution < 1.29 is 13.2 Å². The molecule has 0 spiro atoms. The summed E-state index contributed by atoms with van der Waals surface area (Å²) in [5.74, 6) is 0.416. The fourth-order valence-corrected chi connectivity index (χ4v) is 6.63. The monoisotopic (exact) mass is 482 g/mol. The Hall–Kier alpha value is -2.71. The van der Waals surface area contributed by atoms with Gasteiger partial charge in [0.25, 0.3) is 0 Å². The van der Waals surface area contributed by atoms with E-state index in [1.807, 2.05) is 73.5 Å². The zero-order chi connectivity index (χ0) is 24.6. The van der Waals surface area contributed by atoms with E-state index in [0.29, 0.717) is 19.5 Å². The van der Waals surface area contributed by atoms with E-state index in [0.717, 1.165) is 33.4 Å². The van der Waals surface area contributed by atoms with Crippen LogP contribution in [0.3, 0.4) is 0 Å². The predicted octanol–water partition coefficient (Wildman–Crippen LogP) is 3.89. The first-order valence-electron chi connectivity index (χ1n) is 11.9. The van der Waals surface area contributed by atoms with E-state index in [2.05, 4.69) is 23.3 Å². The zero-order valence-corrected chi connectivity index (χ0v) is 21.5. The lowest BCUT2D eigenvalue weighted by Gasteiger charge is -2.30. The van der Waals surface area contributed by atoms with Crippen LogP contribution in [0.2, 0.25) is 0 Å². The van der Waals surface area contributed by atoms with Gasteiger partial charge < -0.3 is 4.90 Å². The maximum atomic E-state index is 13.6. The summed E-state index contributed by atoms with van der Waals surface area (Å²) in [6, 6.07) is 13.7. The van der Waals surface area contributed by atoms with Gasteiger partial charge in [-0.3, -0.25) is 14.4 Å². The zero-order valence-electron chi connectivity index (χ0n) is 20.7. The van der Waals surface area contributed by atoms with Gasteiger partial charge in [0.15, 0.2) is 9.84 Å². The van der Waals surface area contributed by atoms with Crippen molar-refractivity contribution in [2.75, 3.05) is 30.0 Å². The van der Waals surface area contributed by atoms with Crippen molar-refractivity contribution in [2.24, 2.45) is 0 Å². The first-order valence-corrected chi connectivity index (χ1v) is 13.7. The van der Waals surface area contributed by atoms with E-state index >= 15 is 0 Å². The van der Waals surface area contributed by atoms with Crippen molar-refractivity contribution in [1.82, 2.24) is 14.7 Å². The van der Waals surface area contributed by atoms with Gasteiger partial charge in [0.05, 0.1) is 35.0 Å². The van der Waals surface area contributed by atoms with Gasteiger partial charge in [-0.05, 0) is 52.6 Å². The molecule has 1 fully saturated rings. The molecule has 2 aromatic carbocycles. The molecule has 3 aromatic rings. The molecule has 1 amide bonds. The molecule has 182 valence electrons. The molecule has 2 heterocycles. The molecular weight excluding hydrogens is 448 g/mol. The van der Waals surface area contributed by atoms with Crippen molar-refractivity contribution in [2.45, 2.75) is 52.7 Å². The number of anilines is 1. The molecule has 34 heavy (non-hydrogen) atoms. The summed E-state index contributed by atoms with van der Waals surface area (Å²) in [7, 11) is -1.03. The van der Waals surface area contributed by atoms with Crippen molar-refractivity contribution in [3.05, 3.63) is 59.4 Å². The maximum Gasteiger partial charge on any atom is 0.244 e. The third-order valence-corrected chi connectivity index (χ3v) is 8.85. The van der Waals surface area contributed by atoms with Crippen LogP contribution in [-0.2, 0) is 21.2 Å². The normalized spacial score (nSPS) is 18.5. The second-order valence-electron chi connectivity index (χ2n) is 9.32. The minimum atomic E-state index is -2.99. The molecule has 0 radical (unpaired) electrons. The third kappa shape index (κ3) is 4.61. The van der Waals surface area contributed by atoms with Crippen molar-refractivity contribution in [3.8, 4) is 0 Å². The lowest BCUT2D eigenvalue weighted by molar-refractivity contribution is -0.122. The number of carbonyl (C=O) groups excluding carboxylic acids is 1. The Morgan fingerprint density at radius 1 is 1.18 bits per heavy atom. The Bertz CT molecular complexity index is 1310. The SMILES string of the molecule is CCN(C(=O)[C@@H](C)N(C)Cc1c(C)nn([C@@H]2CCS(=O)(=O)C2)c1C)c1cccc2ccccc12. The molecule has 0 unspecified atom stereocenters. The smallest absolute Gasteiger partial charge is 0.244 e. The Labute approximate surface area is 202 Å². The van der Waals surface area contributed by atoms with Crippen molar-refractivity contribution in [3.63, 3.8) is 0 Å². The van der Waals surface area contributed by atoms with Crippen molar-refractivity contribution >= 4 is 32.2 Å². The molecule has 0 bridgehead atoms. The van der Waals surface area contributed by atoms with Crippen LogP contribution in [0.4, 0.5) is 5.69 Å². The van der Waals surface area contributed by atoms with E-state index in [9.17, 15) is 13.2 Å². The number of fused-ring (bicyclic) bond motifs is 1. The number of likely N-dealkylation sites (N-methyl/N-ethyl adjacent to an activating group) is 2. The molecule has 1 saturated heterocycles. The molecule has 8 heteroatoms. The number of carbonyl (C=O) groups is 1. The number of sulfone groups is 1. The Kier molecular flexibility index (Phi) is 6.82. The van der Waals surface area contributed by atoms with Crippen LogP contribution in [0.15, 0.2) is 42.5 Å². The summed E-state index contributed by atoms with van der Waals surface area (Å²) in [6.45, 7) is 9.04. The Balaban J connectivity index is 1.54. The average Bonchev–Trinajstić information content (AvgIpc) is 3.32. The quantitative estimate of drug-likeness (QED) is 0.511. The minimum Gasteiger partial charge on any atom is -0.311 e. The fourth-order valence-electron chi connectivity index (χ4n) is 4.94. The van der Waals surface area contributed by atoms with Gasteiger partial charge in [-0.25, -0.2) is 8.42 Å². The lowest BCUT2D eigenvalue weighted by Crippen LogP contribution is -2.45. The van der Waals surface area contributed by atoms with Gasteiger partial charge in [-0.2, -0.15) is 5.10 Å². The van der Waals surface area contributed by atoms with Crippen LogP contribution in [0.1, 0.15) is 43.3 Å². The molecule has 1 aliphatic rings. The number of rotatable bonds is 7. The van der Waals surface area contributed by atoms with Crippen LogP contribution in [0.5, 0.6) is 0 Å². The third-order valence-electron chi connectivity index (χ3n) is 7.09. The summed E-state index contributed by atoms with van der Waals surface area (Å²) in [5, 5.41) is 6.85. The molecule has 0 saturated carbocycles. The molecule has 1 aromatic heterocycles. The van der Waals surface area contributed by atoms with E-state index in [4.69, 9.17) is 0 Å². The van der Waals surface area contributed by atoms with E-state index in [1.165, 1.54) is 0 Å². The highest BCUT2D eigenvalue weighted by atomic mass is 32.2. The van der Waals surface area contributed by atoms with Crippen LogP contribution in [0, 0.1) is 13.8 Å². The molecule has 0 N–H and O–H groups in total. The highest BCUT2D eigenvalue weighted by Crippen LogP contribution is 2.29. The number of hydrogen-bond donors (Lipinski definition) is 0. The Morgan fingerprint density at radius 2 is 1.88 bits per heavy atom. The van der Waals surface area contributed by atoms with Gasteiger partial charge in [-0.15, -0.1) is 0 Å². The standard InChI is InChI=1S/C26H34N4O3S/c1-6-29(25-13-9-11-21-10-7-8-12-23(21)25)26(31)20(4)28(5)16-24-18(2)27-30(19(24)3)22-14-15-34(32,33)17-22/h7-13,20,22H,6,14-17H2,1-5H3/t20-,22-/m1/s1. The summed E-state index contributed by atoms with van der Waals surface area (Å²) < 4.78 is 25.8. The number of benzene rings is 2. The van der Waals surface area contributed by atoms with Crippen LogP contribution < -0.4 is 4.90 Å². The number of hydrogen-bond acceptors (Lipinski definition) is 5. The number of amides is 1. The first-order chi connectivity index (χ1) is 16.1. The minimum absolute atomic E-state index is 0.0472. The van der Waals surface area contributed by atoms with Gasteiger partial charge in [0.1, 0.15) is 0 Å². The largest absolute Gasteiger partial charge is 0.311 e. The second-order valence-corrected chi connectivity index (χ2v) is 11.6. The molecule has 1 aliphatic heterocycles. The van der Waals surface area contributed by atoms with Crippen LogP contribution in [-0.4, -0.2) is 60.1 Å². The predicted molar refractivity (Wildman–Crippen MR) is 137 cm³/mol. The highest BCUT2D eigenvalue weighted by molar-refractivity contribution is 7.91. The van der Waals surface area contributed by atoms with Gasteiger partial charge in [0, 0.05) is 29.7 Å². The summed E-state index contributed by atoms with van der Waals surface area (Å²) in [4.78, 5) is 17.5. The maximum absolute atomic E-state index is 13.6. The van der Waals surface area contributed by atoms with Gasteiger partial charge in [0.2, 0.25) is 5.91 Å². The van der Waals surface area contributed by atoms with Crippen LogP contribution >= 0.6 is 0 Å². The first kappa shape index (κ1) is 24.4. The Morgan fingerprint density at radius 3 is 2.56 bits per heavy atom. The van der Waals surface area contributed by atoms with Gasteiger partial charge >= 0.3 is 0 Å². The van der Waals surface area contributed by atoms with E-state index in [1.54, 1.807) is 0 Å². The van der Waals surface area contributed by atoms with E-state index in [-0.39, 0.29) is 29.5 Å². The molecular formula is C26H34N4O3S. The molecule has 4 rings (SSSR count). The summed E-state index contributed by atoms with van der Waals surface area (Å²) in [5.41, 5.74) is 3.84. The van der Waals surface area contributed by atoms with E-state index < -0.39 is 9.84 Å². The van der Waals surface area contributed by atoms with Gasteiger partial charge in [-0.1, -0.05) is 36.4 Å². The van der Waals surface area contributed by atoms with Crippen molar-refractivity contribution in [1.29, 1.82) is 0 Å². The van der Waals surface area contributed by atoms with Crippen LogP contribution in [0.25, 0.3) is 10.8 Å². The fraction of sp³-hybridized carbons (Fsp3) is 0.462.